The molecule has 3 N–H and O–H groups in total. The van der Waals surface area contributed by atoms with E-state index < -0.39 is 5.91 Å². The summed E-state index contributed by atoms with van der Waals surface area (Å²) in [6.07, 6.45) is 8.72. The van der Waals surface area contributed by atoms with Crippen molar-refractivity contribution in [2.45, 2.75) is 79.1 Å². The summed E-state index contributed by atoms with van der Waals surface area (Å²) in [5, 5.41) is 22.5. The summed E-state index contributed by atoms with van der Waals surface area (Å²) in [5.74, 6) is -0.0312. The molecule has 0 aliphatic heterocycles. The van der Waals surface area contributed by atoms with E-state index in [1.165, 1.54) is 18.2 Å². The minimum Gasteiger partial charge on any atom is -0.508 e. The lowest BCUT2D eigenvalue weighted by molar-refractivity contribution is 0.0681. The van der Waals surface area contributed by atoms with Gasteiger partial charge < -0.3 is 20.4 Å². The molecule has 0 saturated heterocycles. The van der Waals surface area contributed by atoms with Gasteiger partial charge in [-0.3, -0.25) is 9.59 Å². The van der Waals surface area contributed by atoms with Gasteiger partial charge in [-0.05, 0) is 48.9 Å². The summed E-state index contributed by atoms with van der Waals surface area (Å²) in [6, 6.07) is 10.8. The fourth-order valence-corrected chi connectivity index (χ4v) is 4.55. The normalized spacial score (nSPS) is 12.7. The van der Waals surface area contributed by atoms with Crippen LogP contribution in [0.3, 0.4) is 0 Å². The third kappa shape index (κ3) is 8.58. The third-order valence-corrected chi connectivity index (χ3v) is 6.96. The molecule has 0 radical (unpaired) electrons. The molecule has 0 aliphatic rings. The van der Waals surface area contributed by atoms with Gasteiger partial charge in [-0.25, -0.2) is 0 Å². The average molecular weight is 497 g/mol. The maximum absolute atomic E-state index is 14.0. The van der Waals surface area contributed by atoms with E-state index in [0.717, 1.165) is 51.4 Å². The second-order valence-electron chi connectivity index (χ2n) is 9.74. The average Bonchev–Trinajstić information content (AvgIpc) is 2.89. The number of amides is 2. The van der Waals surface area contributed by atoms with E-state index in [9.17, 15) is 19.8 Å². The van der Waals surface area contributed by atoms with Crippen molar-refractivity contribution in [2.75, 3.05) is 18.4 Å². The lowest BCUT2D eigenvalue weighted by Gasteiger charge is -2.31. The largest absolute Gasteiger partial charge is 0.508 e. The zero-order chi connectivity index (χ0) is 26.5. The van der Waals surface area contributed by atoms with E-state index in [1.807, 2.05) is 4.90 Å². The van der Waals surface area contributed by atoms with E-state index >= 15 is 0 Å². The Morgan fingerprint density at radius 1 is 0.833 bits per heavy atom. The zero-order valence-electron chi connectivity index (χ0n) is 22.4. The number of benzene rings is 2. The highest BCUT2D eigenvalue weighted by Crippen LogP contribution is 2.28. The van der Waals surface area contributed by atoms with Crippen LogP contribution in [0, 0.1) is 11.8 Å². The first-order valence-electron chi connectivity index (χ1n) is 13.6. The maximum atomic E-state index is 14.0. The number of hydrogen-bond acceptors (Lipinski definition) is 4. The Bertz CT molecular complexity index is 957. The first-order chi connectivity index (χ1) is 17.3. The summed E-state index contributed by atoms with van der Waals surface area (Å²) in [6.45, 7) is 10.1. The molecule has 0 fully saturated rings. The second-order valence-corrected chi connectivity index (χ2v) is 9.74. The third-order valence-electron chi connectivity index (χ3n) is 6.96. The van der Waals surface area contributed by atoms with Crippen molar-refractivity contribution < 1.29 is 19.8 Å². The van der Waals surface area contributed by atoms with Crippen LogP contribution in [-0.4, -0.2) is 40.0 Å². The number of aromatic hydroxyl groups is 2. The van der Waals surface area contributed by atoms with Gasteiger partial charge in [0.2, 0.25) is 0 Å². The quantitative estimate of drug-likeness (QED) is 0.179. The lowest BCUT2D eigenvalue weighted by Crippen LogP contribution is -2.39. The molecule has 2 aromatic carbocycles. The minimum atomic E-state index is -0.504. The molecule has 6 heteroatoms. The predicted octanol–water partition coefficient (Wildman–Crippen LogP) is 7.23. The van der Waals surface area contributed by atoms with Gasteiger partial charge in [-0.1, -0.05) is 78.4 Å². The number of carbonyl (C=O) groups is 2. The smallest absolute Gasteiger partial charge is 0.256 e. The predicted molar refractivity (Wildman–Crippen MR) is 147 cm³/mol. The number of nitrogens with zero attached hydrogens (tertiary/aromatic N) is 1. The van der Waals surface area contributed by atoms with Gasteiger partial charge in [-0.2, -0.15) is 0 Å². The van der Waals surface area contributed by atoms with Gasteiger partial charge in [0.15, 0.2) is 0 Å². The fraction of sp³-hybridized carbons (Fsp3) is 0.533. The van der Waals surface area contributed by atoms with Crippen LogP contribution in [-0.2, 0) is 0 Å². The second kappa shape index (κ2) is 15.2. The molecule has 2 rings (SSSR count). The summed E-state index contributed by atoms with van der Waals surface area (Å²) in [5.41, 5.74) is 0.694. The van der Waals surface area contributed by atoms with Crippen LogP contribution >= 0.6 is 0 Å². The molecule has 36 heavy (non-hydrogen) atoms. The molecule has 0 bridgehead atoms. The topological polar surface area (TPSA) is 89.9 Å². The Morgan fingerprint density at radius 2 is 1.39 bits per heavy atom. The van der Waals surface area contributed by atoms with Crippen LogP contribution in [0.25, 0.3) is 0 Å². The van der Waals surface area contributed by atoms with E-state index in [-0.39, 0.29) is 28.7 Å². The van der Waals surface area contributed by atoms with Gasteiger partial charge in [0.05, 0.1) is 16.8 Å². The standard InChI is InChI=1S/C30H44N2O4/c1-5-9-13-22(7-3)20-32(21-23(8-4)14-10-6-2)30(36)26-16-12-11-15-25(26)29(35)31-27-19-24(33)17-18-28(27)34/h11-12,15-19,22-23,33-34H,5-10,13-14,20-21H2,1-4H3,(H,31,35). The van der Waals surface area contributed by atoms with Gasteiger partial charge in [0, 0.05) is 19.2 Å². The van der Waals surface area contributed by atoms with Gasteiger partial charge in [-0.15, -0.1) is 0 Å². The number of hydrogen-bond donors (Lipinski definition) is 3. The van der Waals surface area contributed by atoms with Crippen LogP contribution in [0.4, 0.5) is 5.69 Å². The molecule has 2 aromatic rings. The highest BCUT2D eigenvalue weighted by atomic mass is 16.3. The van der Waals surface area contributed by atoms with Crippen LogP contribution in [0.1, 0.15) is 99.8 Å². The first kappa shape index (κ1) is 29.2. The number of nitrogens with one attached hydrogen (secondary N) is 1. The molecular formula is C30H44N2O4. The van der Waals surface area contributed by atoms with Gasteiger partial charge >= 0.3 is 0 Å². The van der Waals surface area contributed by atoms with Crippen molar-refractivity contribution in [2.24, 2.45) is 11.8 Å². The Labute approximate surface area is 216 Å². The molecule has 0 spiro atoms. The Balaban J connectivity index is 2.35. The Morgan fingerprint density at radius 3 is 1.92 bits per heavy atom. The molecule has 0 heterocycles. The van der Waals surface area contributed by atoms with E-state index in [1.54, 1.807) is 24.3 Å². The highest BCUT2D eigenvalue weighted by molar-refractivity contribution is 6.12. The van der Waals surface area contributed by atoms with Crippen LogP contribution in [0.5, 0.6) is 11.5 Å². The molecule has 198 valence electrons. The number of anilines is 1. The van der Waals surface area contributed by atoms with Gasteiger partial charge in [0.25, 0.3) is 11.8 Å². The molecule has 2 unspecified atom stereocenters. The van der Waals surface area contributed by atoms with Crippen molar-refractivity contribution >= 4 is 17.5 Å². The van der Waals surface area contributed by atoms with Gasteiger partial charge in [0.1, 0.15) is 11.5 Å². The first-order valence-corrected chi connectivity index (χ1v) is 13.6. The molecule has 2 amide bonds. The summed E-state index contributed by atoms with van der Waals surface area (Å²) in [7, 11) is 0. The van der Waals surface area contributed by atoms with E-state index in [0.29, 0.717) is 30.5 Å². The number of phenolic OH excluding ortho intramolecular Hbond substituents is 2. The van der Waals surface area contributed by atoms with Crippen molar-refractivity contribution in [1.29, 1.82) is 0 Å². The van der Waals surface area contributed by atoms with Crippen molar-refractivity contribution in [1.82, 2.24) is 4.90 Å². The van der Waals surface area contributed by atoms with Crippen LogP contribution in [0.15, 0.2) is 42.5 Å². The van der Waals surface area contributed by atoms with E-state index in [4.69, 9.17) is 0 Å². The van der Waals surface area contributed by atoms with Crippen molar-refractivity contribution in [3.8, 4) is 11.5 Å². The summed E-state index contributed by atoms with van der Waals surface area (Å²) < 4.78 is 0. The van der Waals surface area contributed by atoms with Crippen molar-refractivity contribution in [3.63, 3.8) is 0 Å². The summed E-state index contributed by atoms with van der Waals surface area (Å²) >= 11 is 0. The maximum Gasteiger partial charge on any atom is 0.256 e. The number of unbranched alkanes of at least 4 members (excludes halogenated alkanes) is 2. The fourth-order valence-electron chi connectivity index (χ4n) is 4.55. The SMILES string of the molecule is CCCCC(CC)CN(CC(CC)CCCC)C(=O)c1ccccc1C(=O)Nc1cc(O)ccc1O. The highest BCUT2D eigenvalue weighted by Gasteiger charge is 2.26. The zero-order valence-corrected chi connectivity index (χ0v) is 22.4. The molecule has 2 atom stereocenters. The van der Waals surface area contributed by atoms with Crippen LogP contribution in [0.2, 0.25) is 0 Å². The molecule has 0 aliphatic carbocycles. The minimum absolute atomic E-state index is 0.0750. The number of rotatable bonds is 15. The number of phenols is 2. The monoisotopic (exact) mass is 496 g/mol. The summed E-state index contributed by atoms with van der Waals surface area (Å²) in [4.78, 5) is 29.1. The molecular weight excluding hydrogens is 452 g/mol. The molecule has 0 aromatic heterocycles. The Kier molecular flexibility index (Phi) is 12.3. The number of carbonyl (C=O) groups excluding carboxylic acids is 2. The Hall–Kier alpha value is -3.02. The molecule has 6 nitrogen and oxygen atoms in total. The van der Waals surface area contributed by atoms with Crippen LogP contribution < -0.4 is 5.32 Å². The molecule has 0 saturated carbocycles. The van der Waals surface area contributed by atoms with E-state index in [2.05, 4.69) is 33.0 Å². The lowest BCUT2D eigenvalue weighted by atomic mass is 9.94. The van der Waals surface area contributed by atoms with Crippen molar-refractivity contribution in [3.05, 3.63) is 53.6 Å².